The van der Waals surface area contributed by atoms with Crippen molar-refractivity contribution in [1.82, 2.24) is 4.90 Å². The predicted molar refractivity (Wildman–Crippen MR) is 55.7 cm³/mol. The Balaban J connectivity index is 2.02. The molecule has 90 valence electrons. The number of hydrogen-bond donors (Lipinski definition) is 0. The topological polar surface area (TPSA) is 55.8 Å². The average Bonchev–Trinajstić information content (AvgIpc) is 2.85. The lowest BCUT2D eigenvalue weighted by Crippen LogP contribution is -2.46. The highest BCUT2D eigenvalue weighted by Gasteiger charge is 2.42. The van der Waals surface area contributed by atoms with E-state index >= 15 is 0 Å². The Hall–Kier alpha value is -1.10. The van der Waals surface area contributed by atoms with Gasteiger partial charge in [0.1, 0.15) is 12.1 Å². The molecule has 2 aliphatic rings. The van der Waals surface area contributed by atoms with Gasteiger partial charge < -0.3 is 9.47 Å². The summed E-state index contributed by atoms with van der Waals surface area (Å²) in [7, 11) is 0. The molecule has 2 atom stereocenters. The quantitative estimate of drug-likeness (QED) is 0.650. The van der Waals surface area contributed by atoms with E-state index in [0.717, 1.165) is 19.4 Å². The molecule has 2 heterocycles. The van der Waals surface area contributed by atoms with Gasteiger partial charge in [-0.05, 0) is 26.3 Å². The first-order valence-electron chi connectivity index (χ1n) is 5.83. The van der Waals surface area contributed by atoms with Crippen LogP contribution in [0.1, 0.15) is 26.2 Å². The number of esters is 2. The van der Waals surface area contributed by atoms with Crippen LogP contribution in [0.25, 0.3) is 0 Å². The fraction of sp³-hybridized carbons (Fsp3) is 0.818. The van der Waals surface area contributed by atoms with E-state index < -0.39 is 0 Å². The summed E-state index contributed by atoms with van der Waals surface area (Å²) in [5, 5.41) is 0. The highest BCUT2D eigenvalue weighted by molar-refractivity contribution is 5.81. The molecule has 0 bridgehead atoms. The first kappa shape index (κ1) is 11.4. The third kappa shape index (κ3) is 2.04. The van der Waals surface area contributed by atoms with Crippen LogP contribution in [0, 0.1) is 0 Å². The molecular formula is C11H17NO4. The molecule has 0 saturated carbocycles. The van der Waals surface area contributed by atoms with E-state index in [9.17, 15) is 9.59 Å². The van der Waals surface area contributed by atoms with Gasteiger partial charge in [0.25, 0.3) is 0 Å². The lowest BCUT2D eigenvalue weighted by atomic mass is 10.1. The minimum absolute atomic E-state index is 0.198. The minimum atomic E-state index is -0.254. The molecule has 0 radical (unpaired) electrons. The van der Waals surface area contributed by atoms with E-state index in [-0.39, 0.29) is 24.0 Å². The van der Waals surface area contributed by atoms with E-state index in [2.05, 4.69) is 0 Å². The van der Waals surface area contributed by atoms with Crippen molar-refractivity contribution in [2.45, 2.75) is 38.3 Å². The third-order valence-electron chi connectivity index (χ3n) is 3.16. The molecule has 0 aliphatic carbocycles. The summed E-state index contributed by atoms with van der Waals surface area (Å²) in [6.45, 7) is 3.43. The molecule has 2 saturated heterocycles. The van der Waals surface area contributed by atoms with Gasteiger partial charge in [-0.3, -0.25) is 14.5 Å². The molecule has 0 aromatic carbocycles. The van der Waals surface area contributed by atoms with Crippen LogP contribution in [0.15, 0.2) is 0 Å². The van der Waals surface area contributed by atoms with Gasteiger partial charge in [-0.2, -0.15) is 0 Å². The van der Waals surface area contributed by atoms with Gasteiger partial charge in [0, 0.05) is 6.42 Å². The largest absolute Gasteiger partial charge is 0.465 e. The summed E-state index contributed by atoms with van der Waals surface area (Å²) in [5.74, 6) is -0.407. The van der Waals surface area contributed by atoms with Gasteiger partial charge in [0.05, 0.1) is 13.2 Å². The third-order valence-corrected chi connectivity index (χ3v) is 3.16. The second-order valence-corrected chi connectivity index (χ2v) is 4.12. The van der Waals surface area contributed by atoms with Crippen LogP contribution in [-0.2, 0) is 19.1 Å². The number of carbonyl (C=O) groups is 2. The molecular weight excluding hydrogens is 210 g/mol. The SMILES string of the molecule is CCOC(=O)C1CCCN1C1CCOC1=O. The van der Waals surface area contributed by atoms with Crippen LogP contribution in [0.2, 0.25) is 0 Å². The molecule has 5 heteroatoms. The predicted octanol–water partition coefficient (Wildman–Crippen LogP) is 0.329. The summed E-state index contributed by atoms with van der Waals surface area (Å²) in [6.07, 6.45) is 2.41. The van der Waals surface area contributed by atoms with Crippen molar-refractivity contribution in [3.05, 3.63) is 0 Å². The standard InChI is InChI=1S/C11H17NO4/c1-2-15-10(13)8-4-3-6-12(8)9-5-7-16-11(9)14/h8-9H,2-7H2,1H3. The van der Waals surface area contributed by atoms with Crippen molar-refractivity contribution in [3.8, 4) is 0 Å². The Labute approximate surface area is 94.7 Å². The summed E-state index contributed by atoms with van der Waals surface area (Å²) >= 11 is 0. The molecule has 2 aliphatic heterocycles. The summed E-state index contributed by atoms with van der Waals surface area (Å²) in [5.41, 5.74) is 0. The highest BCUT2D eigenvalue weighted by Crippen LogP contribution is 2.25. The van der Waals surface area contributed by atoms with E-state index in [0.29, 0.717) is 19.6 Å². The zero-order valence-corrected chi connectivity index (χ0v) is 9.48. The first-order chi connectivity index (χ1) is 7.74. The Morgan fingerprint density at radius 1 is 1.56 bits per heavy atom. The van der Waals surface area contributed by atoms with Crippen molar-refractivity contribution in [2.24, 2.45) is 0 Å². The van der Waals surface area contributed by atoms with Crippen molar-refractivity contribution < 1.29 is 19.1 Å². The Bertz CT molecular complexity index is 292. The Kier molecular flexibility index (Phi) is 3.43. The Morgan fingerprint density at radius 3 is 3.00 bits per heavy atom. The highest BCUT2D eigenvalue weighted by atomic mass is 16.5. The molecule has 16 heavy (non-hydrogen) atoms. The lowest BCUT2D eigenvalue weighted by Gasteiger charge is -2.26. The van der Waals surface area contributed by atoms with Crippen molar-refractivity contribution in [3.63, 3.8) is 0 Å². The number of carbonyl (C=O) groups excluding carboxylic acids is 2. The smallest absolute Gasteiger partial charge is 0.323 e. The number of likely N-dealkylation sites (tertiary alicyclic amines) is 1. The number of nitrogens with zero attached hydrogens (tertiary/aromatic N) is 1. The number of rotatable bonds is 3. The molecule has 0 aromatic heterocycles. The summed E-state index contributed by atoms with van der Waals surface area (Å²) in [6, 6.07) is -0.493. The minimum Gasteiger partial charge on any atom is -0.465 e. The van der Waals surface area contributed by atoms with Crippen molar-refractivity contribution in [2.75, 3.05) is 19.8 Å². The summed E-state index contributed by atoms with van der Waals surface area (Å²) < 4.78 is 9.95. The molecule has 0 spiro atoms. The normalized spacial score (nSPS) is 30.4. The van der Waals surface area contributed by atoms with E-state index in [4.69, 9.17) is 9.47 Å². The Morgan fingerprint density at radius 2 is 2.38 bits per heavy atom. The van der Waals surface area contributed by atoms with Crippen LogP contribution in [0.4, 0.5) is 0 Å². The first-order valence-corrected chi connectivity index (χ1v) is 5.83. The monoisotopic (exact) mass is 227 g/mol. The van der Waals surface area contributed by atoms with Gasteiger partial charge in [0.15, 0.2) is 0 Å². The molecule has 2 rings (SSSR count). The fourth-order valence-corrected chi connectivity index (χ4v) is 2.44. The lowest BCUT2D eigenvalue weighted by molar-refractivity contribution is -0.151. The number of cyclic esters (lactones) is 1. The van der Waals surface area contributed by atoms with Gasteiger partial charge in [0.2, 0.25) is 0 Å². The van der Waals surface area contributed by atoms with Crippen LogP contribution in [0.5, 0.6) is 0 Å². The van der Waals surface area contributed by atoms with Crippen LogP contribution < -0.4 is 0 Å². The van der Waals surface area contributed by atoms with Gasteiger partial charge >= 0.3 is 11.9 Å². The van der Waals surface area contributed by atoms with Gasteiger partial charge in [-0.25, -0.2) is 0 Å². The van der Waals surface area contributed by atoms with Gasteiger partial charge in [-0.15, -0.1) is 0 Å². The van der Waals surface area contributed by atoms with E-state index in [1.54, 1.807) is 6.92 Å². The maximum absolute atomic E-state index is 11.7. The van der Waals surface area contributed by atoms with Crippen LogP contribution >= 0.6 is 0 Å². The molecule has 0 amide bonds. The van der Waals surface area contributed by atoms with Crippen molar-refractivity contribution in [1.29, 1.82) is 0 Å². The maximum atomic E-state index is 11.7. The maximum Gasteiger partial charge on any atom is 0.323 e. The molecule has 0 aromatic rings. The summed E-state index contributed by atoms with van der Waals surface area (Å²) in [4.78, 5) is 25.1. The molecule has 0 N–H and O–H groups in total. The number of ether oxygens (including phenoxy) is 2. The fourth-order valence-electron chi connectivity index (χ4n) is 2.44. The zero-order valence-electron chi connectivity index (χ0n) is 9.48. The molecule has 2 unspecified atom stereocenters. The van der Waals surface area contributed by atoms with Crippen molar-refractivity contribution >= 4 is 11.9 Å². The molecule has 2 fully saturated rings. The van der Waals surface area contributed by atoms with Gasteiger partial charge in [-0.1, -0.05) is 0 Å². The van der Waals surface area contributed by atoms with Crippen LogP contribution in [-0.4, -0.2) is 48.7 Å². The van der Waals surface area contributed by atoms with E-state index in [1.165, 1.54) is 0 Å². The van der Waals surface area contributed by atoms with Crippen LogP contribution in [0.3, 0.4) is 0 Å². The molecule has 5 nitrogen and oxygen atoms in total. The average molecular weight is 227 g/mol. The second kappa shape index (κ2) is 4.82. The number of hydrogen-bond acceptors (Lipinski definition) is 5. The second-order valence-electron chi connectivity index (χ2n) is 4.12. The zero-order chi connectivity index (χ0) is 11.5. The van der Waals surface area contributed by atoms with E-state index in [1.807, 2.05) is 4.90 Å².